The first-order valence-electron chi connectivity index (χ1n) is 10.1. The molecule has 0 radical (unpaired) electrons. The molecule has 0 aliphatic heterocycles. The molecule has 0 fully saturated rings. The quantitative estimate of drug-likeness (QED) is 0.417. The third-order valence-corrected chi connectivity index (χ3v) is 4.79. The highest BCUT2D eigenvalue weighted by atomic mass is 19.4. The van der Waals surface area contributed by atoms with Crippen molar-refractivity contribution in [2.24, 2.45) is 0 Å². The third kappa shape index (κ3) is 6.26. The Bertz CT molecular complexity index is 1290. The fourth-order valence-electron chi connectivity index (χ4n) is 3.11. The SMILES string of the molecule is COc1ccc(C(=O)O)cc1NC(=O)C(=Cc1ccccc1C(F)(F)F)NC(=O)c1ccccc1. The van der Waals surface area contributed by atoms with E-state index in [0.29, 0.717) is 0 Å². The number of ether oxygens (including phenoxy) is 1. The number of amides is 2. The molecule has 0 bridgehead atoms. The number of carbonyl (C=O) groups excluding carboxylic acids is 2. The van der Waals surface area contributed by atoms with E-state index in [1.54, 1.807) is 18.2 Å². The zero-order valence-electron chi connectivity index (χ0n) is 18.2. The van der Waals surface area contributed by atoms with Crippen LogP contribution in [0.1, 0.15) is 31.8 Å². The van der Waals surface area contributed by atoms with Gasteiger partial charge >= 0.3 is 12.1 Å². The second kappa shape index (κ2) is 10.6. The number of hydrogen-bond donors (Lipinski definition) is 3. The maximum atomic E-state index is 13.5. The molecule has 0 atom stereocenters. The second-order valence-electron chi connectivity index (χ2n) is 7.14. The molecule has 0 saturated carbocycles. The molecule has 0 unspecified atom stereocenters. The van der Waals surface area contributed by atoms with E-state index in [4.69, 9.17) is 4.74 Å². The molecule has 180 valence electrons. The van der Waals surface area contributed by atoms with E-state index in [0.717, 1.165) is 24.3 Å². The van der Waals surface area contributed by atoms with Crippen LogP contribution in [0.2, 0.25) is 0 Å². The van der Waals surface area contributed by atoms with Crippen LogP contribution in [0.15, 0.2) is 78.5 Å². The summed E-state index contributed by atoms with van der Waals surface area (Å²) in [6, 6.07) is 16.0. The van der Waals surface area contributed by atoms with Gasteiger partial charge in [0, 0.05) is 5.56 Å². The molecule has 0 aromatic heterocycles. The summed E-state index contributed by atoms with van der Waals surface area (Å²) in [6.45, 7) is 0. The van der Waals surface area contributed by atoms with Crippen molar-refractivity contribution in [3.8, 4) is 5.75 Å². The van der Waals surface area contributed by atoms with Gasteiger partial charge in [0.1, 0.15) is 11.4 Å². The molecule has 0 spiro atoms. The number of carbonyl (C=O) groups is 3. The number of nitrogens with one attached hydrogen (secondary N) is 2. The maximum absolute atomic E-state index is 13.5. The third-order valence-electron chi connectivity index (χ3n) is 4.79. The summed E-state index contributed by atoms with van der Waals surface area (Å²) >= 11 is 0. The van der Waals surface area contributed by atoms with Gasteiger partial charge in [0.15, 0.2) is 0 Å². The Morgan fingerprint density at radius 3 is 2.20 bits per heavy atom. The van der Waals surface area contributed by atoms with Crippen molar-refractivity contribution in [3.05, 3.63) is 101 Å². The zero-order valence-corrected chi connectivity index (χ0v) is 18.2. The maximum Gasteiger partial charge on any atom is 0.416 e. The summed E-state index contributed by atoms with van der Waals surface area (Å²) < 4.78 is 45.6. The number of carboxylic acids is 1. The van der Waals surface area contributed by atoms with E-state index >= 15 is 0 Å². The lowest BCUT2D eigenvalue weighted by atomic mass is 10.1. The molecule has 0 saturated heterocycles. The van der Waals surface area contributed by atoms with Gasteiger partial charge in [-0.2, -0.15) is 13.2 Å². The number of benzene rings is 3. The van der Waals surface area contributed by atoms with E-state index in [1.807, 2.05) is 0 Å². The Labute approximate surface area is 197 Å². The lowest BCUT2D eigenvalue weighted by Crippen LogP contribution is -2.31. The van der Waals surface area contributed by atoms with Crippen LogP contribution in [-0.4, -0.2) is 30.0 Å². The standard InChI is InChI=1S/C25H19F3N2O5/c1-35-21-12-11-17(24(33)34)14-19(21)29-23(32)20(30-22(31)15-7-3-2-4-8-15)13-16-9-5-6-10-18(16)25(26,27)28/h2-14H,1H3,(H,29,32)(H,30,31)(H,33,34). The topological polar surface area (TPSA) is 105 Å². The van der Waals surface area contributed by atoms with E-state index in [1.165, 1.54) is 43.5 Å². The molecule has 2 amide bonds. The Kier molecular flexibility index (Phi) is 7.55. The highest BCUT2D eigenvalue weighted by Gasteiger charge is 2.33. The number of carboxylic acid groups (broad SMARTS) is 1. The molecule has 3 aromatic rings. The van der Waals surface area contributed by atoms with E-state index in [2.05, 4.69) is 10.6 Å². The molecular weight excluding hydrogens is 465 g/mol. The Morgan fingerprint density at radius 1 is 0.914 bits per heavy atom. The van der Waals surface area contributed by atoms with Crippen molar-refractivity contribution in [1.29, 1.82) is 0 Å². The molecule has 3 aromatic carbocycles. The van der Waals surface area contributed by atoms with Crippen molar-refractivity contribution in [3.63, 3.8) is 0 Å². The average molecular weight is 484 g/mol. The Balaban J connectivity index is 2.05. The van der Waals surface area contributed by atoms with Gasteiger partial charge in [0.2, 0.25) is 0 Å². The number of halogens is 3. The number of methoxy groups -OCH3 is 1. The van der Waals surface area contributed by atoms with Crippen LogP contribution >= 0.6 is 0 Å². The minimum atomic E-state index is -4.71. The van der Waals surface area contributed by atoms with Gasteiger partial charge in [0.05, 0.1) is 23.9 Å². The van der Waals surface area contributed by atoms with Gasteiger partial charge in [-0.1, -0.05) is 36.4 Å². The van der Waals surface area contributed by atoms with Crippen molar-refractivity contribution < 1.29 is 37.4 Å². The van der Waals surface area contributed by atoms with Crippen LogP contribution in [0.3, 0.4) is 0 Å². The van der Waals surface area contributed by atoms with Crippen LogP contribution in [0.25, 0.3) is 6.08 Å². The van der Waals surface area contributed by atoms with Crippen molar-refractivity contribution >= 4 is 29.5 Å². The summed E-state index contributed by atoms with van der Waals surface area (Å²) in [5, 5.41) is 14.0. The first-order valence-corrected chi connectivity index (χ1v) is 10.1. The van der Waals surface area contributed by atoms with Crippen LogP contribution < -0.4 is 15.4 Å². The molecule has 10 heteroatoms. The highest BCUT2D eigenvalue weighted by Crippen LogP contribution is 2.33. The molecule has 0 heterocycles. The van der Waals surface area contributed by atoms with E-state index in [-0.39, 0.29) is 28.1 Å². The fourth-order valence-corrected chi connectivity index (χ4v) is 3.11. The zero-order chi connectivity index (χ0) is 25.6. The van der Waals surface area contributed by atoms with Gasteiger partial charge in [-0.3, -0.25) is 9.59 Å². The molecule has 3 N–H and O–H groups in total. The predicted octanol–water partition coefficient (Wildman–Crippen LogP) is 4.82. The van der Waals surface area contributed by atoms with Gasteiger partial charge in [0.25, 0.3) is 11.8 Å². The lowest BCUT2D eigenvalue weighted by molar-refractivity contribution is -0.137. The Morgan fingerprint density at radius 2 is 1.57 bits per heavy atom. The summed E-state index contributed by atoms with van der Waals surface area (Å²) in [6.07, 6.45) is -3.82. The van der Waals surface area contributed by atoms with E-state index < -0.39 is 35.2 Å². The first-order chi connectivity index (χ1) is 16.6. The summed E-state index contributed by atoms with van der Waals surface area (Å²) in [4.78, 5) is 37.1. The minimum Gasteiger partial charge on any atom is -0.495 e. The molecule has 0 aliphatic rings. The van der Waals surface area contributed by atoms with Crippen LogP contribution in [-0.2, 0) is 11.0 Å². The normalized spacial score (nSPS) is 11.5. The number of hydrogen-bond acceptors (Lipinski definition) is 4. The van der Waals surface area contributed by atoms with E-state index in [9.17, 15) is 32.7 Å². The predicted molar refractivity (Wildman–Crippen MR) is 122 cm³/mol. The summed E-state index contributed by atoms with van der Waals surface area (Å²) in [5.41, 5.74) is -1.92. The van der Waals surface area contributed by atoms with Crippen LogP contribution in [0.4, 0.5) is 18.9 Å². The number of rotatable bonds is 7. The Hall–Kier alpha value is -4.60. The summed E-state index contributed by atoms with van der Waals surface area (Å²) in [5.74, 6) is -2.89. The highest BCUT2D eigenvalue weighted by molar-refractivity contribution is 6.11. The number of aromatic carboxylic acids is 1. The molecular formula is C25H19F3N2O5. The molecule has 7 nitrogen and oxygen atoms in total. The van der Waals surface area contributed by atoms with Crippen molar-refractivity contribution in [1.82, 2.24) is 5.32 Å². The fraction of sp³-hybridized carbons (Fsp3) is 0.0800. The van der Waals surface area contributed by atoms with Crippen molar-refractivity contribution in [2.45, 2.75) is 6.18 Å². The van der Waals surface area contributed by atoms with Gasteiger partial charge < -0.3 is 20.5 Å². The average Bonchev–Trinajstić information content (AvgIpc) is 2.83. The van der Waals surface area contributed by atoms with Crippen LogP contribution in [0.5, 0.6) is 5.75 Å². The smallest absolute Gasteiger partial charge is 0.416 e. The monoisotopic (exact) mass is 484 g/mol. The van der Waals surface area contributed by atoms with Crippen molar-refractivity contribution in [2.75, 3.05) is 12.4 Å². The van der Waals surface area contributed by atoms with Gasteiger partial charge in [-0.15, -0.1) is 0 Å². The first kappa shape index (κ1) is 25.0. The van der Waals surface area contributed by atoms with Gasteiger partial charge in [-0.05, 0) is 48.0 Å². The number of anilines is 1. The van der Waals surface area contributed by atoms with Gasteiger partial charge in [-0.25, -0.2) is 4.79 Å². The minimum absolute atomic E-state index is 0.0543. The second-order valence-corrected chi connectivity index (χ2v) is 7.14. The largest absolute Gasteiger partial charge is 0.495 e. The summed E-state index contributed by atoms with van der Waals surface area (Å²) in [7, 11) is 1.29. The lowest BCUT2D eigenvalue weighted by Gasteiger charge is -2.15. The molecule has 35 heavy (non-hydrogen) atoms. The molecule has 3 rings (SSSR count). The molecule has 0 aliphatic carbocycles. The van der Waals surface area contributed by atoms with Crippen LogP contribution in [0, 0.1) is 0 Å². The number of alkyl halides is 3.